The van der Waals surface area contributed by atoms with Gasteiger partial charge in [0.15, 0.2) is 0 Å². The summed E-state index contributed by atoms with van der Waals surface area (Å²) >= 11 is 6.63. The smallest absolute Gasteiger partial charge is 0.410 e. The summed E-state index contributed by atoms with van der Waals surface area (Å²) < 4.78 is 23.6. The second-order valence-electron chi connectivity index (χ2n) is 12.4. The lowest BCUT2D eigenvalue weighted by Gasteiger charge is -2.39. The molecule has 0 atom stereocenters. The third-order valence-corrected chi connectivity index (χ3v) is 7.67. The zero-order valence-corrected chi connectivity index (χ0v) is 28.6. The van der Waals surface area contributed by atoms with Gasteiger partial charge in [-0.3, -0.25) is 10.1 Å². The minimum absolute atomic E-state index is 0.00629. The van der Waals surface area contributed by atoms with Gasteiger partial charge in [0.05, 0.1) is 47.2 Å². The number of nitrogens with zero attached hydrogens (tertiary/aromatic N) is 3. The summed E-state index contributed by atoms with van der Waals surface area (Å²) in [5.41, 5.74) is -0.0388. The van der Waals surface area contributed by atoms with E-state index in [1.54, 1.807) is 37.8 Å². The fourth-order valence-electron chi connectivity index (χ4n) is 4.25. The van der Waals surface area contributed by atoms with Crippen molar-refractivity contribution in [2.24, 2.45) is 0 Å². The molecule has 2 aromatic carbocycles. The average Bonchev–Trinajstić information content (AvgIpc) is 3.34. The highest BCUT2D eigenvalue weighted by Gasteiger charge is 2.36. The molecule has 0 aliphatic carbocycles. The third kappa shape index (κ3) is 8.78. The first-order chi connectivity index (χ1) is 20.5. The topological polar surface area (TPSA) is 136 Å². The minimum Gasteiger partial charge on any atom is -0.486 e. The first kappa shape index (κ1) is 33.4. The largest absolute Gasteiger partial charge is 0.486 e. The molecule has 12 nitrogen and oxygen atoms in total. The van der Waals surface area contributed by atoms with E-state index >= 15 is 0 Å². The monoisotopic (exact) mass is 738 g/mol. The lowest BCUT2D eigenvalue weighted by molar-refractivity contribution is -0.385. The van der Waals surface area contributed by atoms with Crippen LogP contribution in [0.4, 0.5) is 15.3 Å². The van der Waals surface area contributed by atoms with Gasteiger partial charge in [-0.05, 0) is 104 Å². The molecule has 0 saturated carbocycles. The Labute approximate surface area is 272 Å². The molecule has 1 N–H and O–H groups in total. The van der Waals surface area contributed by atoms with Crippen molar-refractivity contribution in [2.45, 2.75) is 65.0 Å². The second kappa shape index (κ2) is 13.2. The van der Waals surface area contributed by atoms with Crippen LogP contribution in [-0.4, -0.2) is 81.5 Å². The summed E-state index contributed by atoms with van der Waals surface area (Å²) in [5.74, 6) is 1.23. The Morgan fingerprint density at radius 3 is 1.89 bits per heavy atom. The molecule has 238 valence electrons. The number of halogens is 2. The Balaban J connectivity index is 0.000000201. The zero-order chi connectivity index (χ0) is 32.4. The van der Waals surface area contributed by atoms with Gasteiger partial charge in [0.2, 0.25) is 0 Å². The van der Waals surface area contributed by atoms with Crippen LogP contribution in [0.25, 0.3) is 10.9 Å². The number of nitro benzene ring substituents is 1. The van der Waals surface area contributed by atoms with Crippen molar-refractivity contribution in [3.05, 3.63) is 61.7 Å². The molecule has 14 heteroatoms. The Bertz CT molecular complexity index is 1520. The number of nitrogens with one attached hydrogen (secondary N) is 1. The lowest BCUT2D eigenvalue weighted by atomic mass is 10.1. The van der Waals surface area contributed by atoms with Crippen LogP contribution in [0.3, 0.4) is 0 Å². The maximum atomic E-state index is 11.9. The van der Waals surface area contributed by atoms with Gasteiger partial charge < -0.3 is 33.7 Å². The van der Waals surface area contributed by atoms with E-state index in [1.807, 2.05) is 45.2 Å². The van der Waals surface area contributed by atoms with Gasteiger partial charge in [0.1, 0.15) is 34.9 Å². The molecule has 3 heterocycles. The van der Waals surface area contributed by atoms with Crippen LogP contribution in [0.15, 0.2) is 51.5 Å². The van der Waals surface area contributed by atoms with Crippen molar-refractivity contribution in [1.29, 1.82) is 0 Å². The fourth-order valence-corrected chi connectivity index (χ4v) is 5.10. The average molecular weight is 740 g/mol. The summed E-state index contributed by atoms with van der Waals surface area (Å²) in [6.45, 7) is 12.9. The highest BCUT2D eigenvalue weighted by molar-refractivity contribution is 9.11. The molecular formula is C30H36Br2N4O8. The normalized spacial score (nSPS) is 15.5. The van der Waals surface area contributed by atoms with Crippen molar-refractivity contribution in [2.75, 3.05) is 26.2 Å². The van der Waals surface area contributed by atoms with Gasteiger partial charge in [0, 0.05) is 16.1 Å². The number of nitro groups is 1. The number of benzene rings is 2. The fraction of sp³-hybridized carbons (Fsp3) is 0.467. The van der Waals surface area contributed by atoms with Crippen molar-refractivity contribution < 1.29 is 33.5 Å². The molecule has 0 bridgehead atoms. The van der Waals surface area contributed by atoms with E-state index in [2.05, 4.69) is 36.8 Å². The molecule has 0 radical (unpaired) electrons. The SMILES string of the molecule is CC(C)(C)OC(=O)N1CC(Oc2ccc(Br)c([N+](=O)[O-])c2)C1.CC(C)(C)OC(=O)N1CC(Oc2ccc(Br)c3[nH]ccc23)C1. The quantitative estimate of drug-likeness (QED) is 0.213. The zero-order valence-electron chi connectivity index (χ0n) is 25.4. The summed E-state index contributed by atoms with van der Waals surface area (Å²) in [4.78, 5) is 40.4. The first-order valence-electron chi connectivity index (χ1n) is 14.0. The number of H-pyrrole nitrogens is 1. The van der Waals surface area contributed by atoms with Crippen LogP contribution in [0.1, 0.15) is 41.5 Å². The summed E-state index contributed by atoms with van der Waals surface area (Å²) in [6, 6.07) is 10.5. The number of amides is 2. The van der Waals surface area contributed by atoms with Crippen LogP contribution in [0.2, 0.25) is 0 Å². The van der Waals surface area contributed by atoms with Gasteiger partial charge in [-0.25, -0.2) is 9.59 Å². The van der Waals surface area contributed by atoms with E-state index in [9.17, 15) is 19.7 Å². The maximum Gasteiger partial charge on any atom is 0.410 e. The van der Waals surface area contributed by atoms with Crippen LogP contribution in [0.5, 0.6) is 11.5 Å². The van der Waals surface area contributed by atoms with E-state index in [4.69, 9.17) is 18.9 Å². The Hall–Kier alpha value is -3.52. The number of hydrogen-bond acceptors (Lipinski definition) is 8. The Morgan fingerprint density at radius 1 is 0.841 bits per heavy atom. The minimum atomic E-state index is -0.532. The number of likely N-dealkylation sites (tertiary alicyclic amines) is 2. The molecular weight excluding hydrogens is 704 g/mol. The second-order valence-corrected chi connectivity index (χ2v) is 14.1. The predicted octanol–water partition coefficient (Wildman–Crippen LogP) is 7.28. The summed E-state index contributed by atoms with van der Waals surface area (Å²) in [5, 5.41) is 11.9. The number of hydrogen-bond donors (Lipinski definition) is 1. The number of carbonyl (C=O) groups excluding carboxylic acids is 2. The molecule has 2 amide bonds. The maximum absolute atomic E-state index is 11.9. The molecule has 3 aromatic rings. The van der Waals surface area contributed by atoms with Crippen molar-refractivity contribution in [3.8, 4) is 11.5 Å². The molecule has 5 rings (SSSR count). The highest BCUT2D eigenvalue weighted by Crippen LogP contribution is 2.33. The molecule has 0 spiro atoms. The van der Waals surface area contributed by atoms with Crippen molar-refractivity contribution >= 4 is 60.6 Å². The van der Waals surface area contributed by atoms with Gasteiger partial charge in [0.25, 0.3) is 5.69 Å². The number of fused-ring (bicyclic) bond motifs is 1. The highest BCUT2D eigenvalue weighted by atomic mass is 79.9. The van der Waals surface area contributed by atoms with E-state index in [0.29, 0.717) is 36.4 Å². The molecule has 2 aliphatic rings. The van der Waals surface area contributed by atoms with Gasteiger partial charge in [-0.15, -0.1) is 0 Å². The molecule has 2 aliphatic heterocycles. The number of ether oxygens (including phenoxy) is 4. The molecule has 44 heavy (non-hydrogen) atoms. The predicted molar refractivity (Wildman–Crippen MR) is 171 cm³/mol. The number of aromatic amines is 1. The van der Waals surface area contributed by atoms with Crippen LogP contribution in [-0.2, 0) is 9.47 Å². The number of aromatic nitrogens is 1. The number of carbonyl (C=O) groups is 2. The van der Waals surface area contributed by atoms with Crippen molar-refractivity contribution in [3.63, 3.8) is 0 Å². The summed E-state index contributed by atoms with van der Waals surface area (Å²) in [7, 11) is 0. The van der Waals surface area contributed by atoms with E-state index < -0.39 is 16.1 Å². The molecule has 1 aromatic heterocycles. The Morgan fingerprint density at radius 2 is 1.36 bits per heavy atom. The van der Waals surface area contributed by atoms with Crippen LogP contribution in [0, 0.1) is 10.1 Å². The third-order valence-electron chi connectivity index (χ3n) is 6.34. The molecule has 2 saturated heterocycles. The van der Waals surface area contributed by atoms with Gasteiger partial charge in [-0.1, -0.05) is 0 Å². The van der Waals surface area contributed by atoms with E-state index in [-0.39, 0.29) is 30.1 Å². The van der Waals surface area contributed by atoms with E-state index in [0.717, 1.165) is 21.1 Å². The van der Waals surface area contributed by atoms with Crippen LogP contribution >= 0.6 is 31.9 Å². The van der Waals surface area contributed by atoms with E-state index in [1.165, 1.54) is 11.0 Å². The first-order valence-corrected chi connectivity index (χ1v) is 15.6. The van der Waals surface area contributed by atoms with Crippen LogP contribution < -0.4 is 9.47 Å². The van der Waals surface area contributed by atoms with Crippen molar-refractivity contribution in [1.82, 2.24) is 14.8 Å². The standard InChI is InChI=1S/C16H19BrN2O3.C14H17BrN2O5/c1-16(2,3)22-15(20)19-8-10(9-19)21-13-5-4-12(17)14-11(13)6-7-18-14;1-14(2,3)22-13(18)16-7-10(8-16)21-9-4-5-11(15)12(6-9)17(19)20/h4-7,10,18H,8-9H2,1-3H3;4-6,10H,7-8H2,1-3H3. The molecule has 2 fully saturated rings. The summed E-state index contributed by atoms with van der Waals surface area (Å²) in [6.07, 6.45) is 1.04. The Kier molecular flexibility index (Phi) is 10.0. The lowest BCUT2D eigenvalue weighted by Crippen LogP contribution is -2.57. The molecule has 0 unspecified atom stereocenters. The van der Waals surface area contributed by atoms with Gasteiger partial charge >= 0.3 is 12.2 Å². The number of rotatable bonds is 5. The van der Waals surface area contributed by atoms with Gasteiger partial charge in [-0.2, -0.15) is 0 Å².